The molecule has 0 bridgehead atoms. The highest BCUT2D eigenvalue weighted by molar-refractivity contribution is 5.80. The first kappa shape index (κ1) is 15.9. The molecule has 25 heavy (non-hydrogen) atoms. The monoisotopic (exact) mass is 330 g/mol. The molecule has 0 amide bonds. The largest absolute Gasteiger partial charge is 0.491 e. The topological polar surface area (TPSA) is 29.5 Å². The smallest absolute Gasteiger partial charge is 0.122 e. The molecule has 1 N–H and O–H groups in total. The first-order chi connectivity index (χ1) is 12.3. The number of ether oxygens (including phenoxy) is 1. The Bertz CT molecular complexity index is 853. The molecule has 0 aliphatic heterocycles. The van der Waals surface area contributed by atoms with E-state index in [0.717, 1.165) is 12.2 Å². The number of hydrogen-bond donors (Lipinski definition) is 1. The molecule has 0 heterocycles. The fraction of sp³-hybridized carbons (Fsp3) is 0.217. The van der Waals surface area contributed by atoms with E-state index < -0.39 is 0 Å². The average Bonchev–Trinajstić information content (AvgIpc) is 3.01. The van der Waals surface area contributed by atoms with Gasteiger partial charge in [-0.15, -0.1) is 0 Å². The highest BCUT2D eigenvalue weighted by atomic mass is 16.5. The Labute approximate surface area is 148 Å². The Hall–Kier alpha value is -2.58. The number of rotatable bonds is 5. The molecule has 0 spiro atoms. The van der Waals surface area contributed by atoms with Gasteiger partial charge in [0.05, 0.1) is 6.61 Å². The van der Waals surface area contributed by atoms with E-state index in [1.807, 2.05) is 6.07 Å². The molecule has 0 fully saturated rings. The van der Waals surface area contributed by atoms with Crippen LogP contribution in [0.1, 0.15) is 35.1 Å². The van der Waals surface area contributed by atoms with Crippen LogP contribution in [0.4, 0.5) is 0 Å². The lowest BCUT2D eigenvalue weighted by atomic mass is 9.88. The molecule has 0 radical (unpaired) electrons. The molecule has 126 valence electrons. The van der Waals surface area contributed by atoms with Crippen molar-refractivity contribution in [3.05, 3.63) is 89.0 Å². The maximum atomic E-state index is 9.01. The van der Waals surface area contributed by atoms with Crippen LogP contribution in [0, 0.1) is 0 Å². The fourth-order valence-corrected chi connectivity index (χ4v) is 3.87. The maximum absolute atomic E-state index is 9.01. The van der Waals surface area contributed by atoms with E-state index in [1.54, 1.807) is 0 Å². The van der Waals surface area contributed by atoms with Crippen molar-refractivity contribution >= 4 is 0 Å². The second kappa shape index (κ2) is 6.73. The summed E-state index contributed by atoms with van der Waals surface area (Å²) >= 11 is 0. The average molecular weight is 330 g/mol. The van der Waals surface area contributed by atoms with Gasteiger partial charge in [-0.25, -0.2) is 0 Å². The number of aliphatic hydroxyl groups excluding tert-OH is 1. The highest BCUT2D eigenvalue weighted by Gasteiger charge is 2.29. The van der Waals surface area contributed by atoms with Crippen LogP contribution < -0.4 is 4.74 Å². The van der Waals surface area contributed by atoms with E-state index in [2.05, 4.69) is 67.6 Å². The molecule has 0 saturated heterocycles. The number of hydrogen-bond acceptors (Lipinski definition) is 2. The van der Waals surface area contributed by atoms with Crippen molar-refractivity contribution in [1.29, 1.82) is 0 Å². The molecule has 0 aromatic heterocycles. The summed E-state index contributed by atoms with van der Waals surface area (Å²) in [5, 5.41) is 9.01. The zero-order valence-corrected chi connectivity index (χ0v) is 14.4. The van der Waals surface area contributed by atoms with Crippen LogP contribution in [0.5, 0.6) is 5.75 Å². The number of fused-ring (bicyclic) bond motifs is 3. The lowest BCUT2D eigenvalue weighted by Gasteiger charge is -2.17. The Balaban J connectivity index is 1.82. The molecule has 4 rings (SSSR count). The van der Waals surface area contributed by atoms with Crippen molar-refractivity contribution in [2.24, 2.45) is 0 Å². The molecule has 3 aromatic rings. The summed E-state index contributed by atoms with van der Waals surface area (Å²) in [6.07, 6.45) is 0.907. The normalized spacial score (nSPS) is 12.7. The van der Waals surface area contributed by atoms with Gasteiger partial charge in [0.25, 0.3) is 0 Å². The van der Waals surface area contributed by atoms with Crippen molar-refractivity contribution in [3.63, 3.8) is 0 Å². The quantitative estimate of drug-likeness (QED) is 0.570. The minimum Gasteiger partial charge on any atom is -0.491 e. The van der Waals surface area contributed by atoms with Crippen molar-refractivity contribution < 1.29 is 9.84 Å². The molecule has 2 heteroatoms. The van der Waals surface area contributed by atoms with Gasteiger partial charge in [-0.1, -0.05) is 67.6 Å². The van der Waals surface area contributed by atoms with E-state index in [9.17, 15) is 0 Å². The Kier molecular flexibility index (Phi) is 4.29. The van der Waals surface area contributed by atoms with Crippen LogP contribution >= 0.6 is 0 Å². The van der Waals surface area contributed by atoms with Crippen molar-refractivity contribution in [2.45, 2.75) is 19.3 Å². The molecule has 3 aromatic carbocycles. The lowest BCUT2D eigenvalue weighted by molar-refractivity contribution is 0.200. The van der Waals surface area contributed by atoms with Gasteiger partial charge in [-0.3, -0.25) is 0 Å². The van der Waals surface area contributed by atoms with Gasteiger partial charge in [-0.2, -0.15) is 0 Å². The predicted molar refractivity (Wildman–Crippen MR) is 101 cm³/mol. The van der Waals surface area contributed by atoms with Crippen LogP contribution in [0.3, 0.4) is 0 Å². The van der Waals surface area contributed by atoms with E-state index in [1.165, 1.54) is 33.4 Å². The summed E-state index contributed by atoms with van der Waals surface area (Å²) in [4.78, 5) is 0. The third-order valence-electron chi connectivity index (χ3n) is 4.98. The highest BCUT2D eigenvalue weighted by Crippen LogP contribution is 2.48. The third kappa shape index (κ3) is 2.73. The molecular formula is C23H22O2. The van der Waals surface area contributed by atoms with E-state index in [4.69, 9.17) is 9.84 Å². The SMILES string of the molecule is CCc1cc(C2c3ccccc3-c3ccccc32)ccc1OCCO. The van der Waals surface area contributed by atoms with Gasteiger partial charge in [0.15, 0.2) is 0 Å². The maximum Gasteiger partial charge on any atom is 0.122 e. The van der Waals surface area contributed by atoms with Crippen molar-refractivity contribution in [2.75, 3.05) is 13.2 Å². The zero-order valence-electron chi connectivity index (χ0n) is 14.4. The molecule has 0 saturated carbocycles. The van der Waals surface area contributed by atoms with Crippen molar-refractivity contribution in [1.82, 2.24) is 0 Å². The van der Waals surface area contributed by atoms with Gasteiger partial charge in [0, 0.05) is 5.92 Å². The van der Waals surface area contributed by atoms with Crippen LogP contribution in [-0.4, -0.2) is 18.3 Å². The van der Waals surface area contributed by atoms with Crippen molar-refractivity contribution in [3.8, 4) is 16.9 Å². The summed E-state index contributed by atoms with van der Waals surface area (Å²) in [5.74, 6) is 1.14. The van der Waals surface area contributed by atoms with E-state index in [0.29, 0.717) is 6.61 Å². The van der Waals surface area contributed by atoms with Gasteiger partial charge < -0.3 is 9.84 Å². The zero-order chi connectivity index (χ0) is 17.2. The Morgan fingerprint density at radius 3 is 2.12 bits per heavy atom. The Morgan fingerprint density at radius 2 is 1.52 bits per heavy atom. The van der Waals surface area contributed by atoms with Gasteiger partial charge in [-0.05, 0) is 45.9 Å². The van der Waals surface area contributed by atoms with Crippen LogP contribution in [0.15, 0.2) is 66.7 Å². The summed E-state index contributed by atoms with van der Waals surface area (Å²) < 4.78 is 5.68. The minimum absolute atomic E-state index is 0.0360. The minimum atomic E-state index is 0.0360. The van der Waals surface area contributed by atoms with Gasteiger partial charge in [0.1, 0.15) is 12.4 Å². The van der Waals surface area contributed by atoms with Crippen LogP contribution in [-0.2, 0) is 6.42 Å². The van der Waals surface area contributed by atoms with E-state index >= 15 is 0 Å². The first-order valence-corrected chi connectivity index (χ1v) is 8.88. The lowest BCUT2D eigenvalue weighted by Crippen LogP contribution is -2.05. The summed E-state index contributed by atoms with van der Waals surface area (Å²) in [5.41, 5.74) is 7.89. The van der Waals surface area contributed by atoms with Crippen LogP contribution in [0.25, 0.3) is 11.1 Å². The second-order valence-electron chi connectivity index (χ2n) is 6.40. The standard InChI is InChI=1S/C23H22O2/c1-2-16-15-17(11-12-22(16)25-14-13-24)23-20-9-5-3-7-18(20)19-8-4-6-10-21(19)23/h3-12,15,23-24H,2,13-14H2,1H3. The second-order valence-corrected chi connectivity index (χ2v) is 6.40. The fourth-order valence-electron chi connectivity index (χ4n) is 3.87. The summed E-state index contributed by atoms with van der Waals surface area (Å²) in [6.45, 7) is 2.51. The molecule has 1 aliphatic carbocycles. The van der Waals surface area contributed by atoms with Crippen LogP contribution in [0.2, 0.25) is 0 Å². The molecule has 2 nitrogen and oxygen atoms in total. The number of aryl methyl sites for hydroxylation is 1. The Morgan fingerprint density at radius 1 is 0.880 bits per heavy atom. The number of aliphatic hydroxyl groups is 1. The van der Waals surface area contributed by atoms with Gasteiger partial charge in [0.2, 0.25) is 0 Å². The molecular weight excluding hydrogens is 308 g/mol. The third-order valence-corrected chi connectivity index (χ3v) is 4.98. The summed E-state index contributed by atoms with van der Waals surface area (Å²) in [6, 6.07) is 23.8. The van der Waals surface area contributed by atoms with Gasteiger partial charge >= 0.3 is 0 Å². The predicted octanol–water partition coefficient (Wildman–Crippen LogP) is 4.78. The number of benzene rings is 3. The molecule has 0 atom stereocenters. The molecule has 0 unspecified atom stereocenters. The summed E-state index contributed by atoms with van der Waals surface area (Å²) in [7, 11) is 0. The van der Waals surface area contributed by atoms with E-state index in [-0.39, 0.29) is 12.5 Å². The molecule has 1 aliphatic rings. The first-order valence-electron chi connectivity index (χ1n) is 8.88.